The van der Waals surface area contributed by atoms with Gasteiger partial charge in [-0.05, 0) is 44.2 Å². The Hall–Kier alpha value is -3.68. The molecule has 27 heavy (non-hydrogen) atoms. The normalized spacial score (nSPS) is 10.9. The quantitative estimate of drug-likeness (QED) is 0.589. The third-order valence-corrected chi connectivity index (χ3v) is 4.37. The van der Waals surface area contributed by atoms with Crippen molar-refractivity contribution in [2.45, 2.75) is 20.4 Å². The molecule has 136 valence electrons. The van der Waals surface area contributed by atoms with Crippen molar-refractivity contribution in [3.05, 3.63) is 78.2 Å². The summed E-state index contributed by atoms with van der Waals surface area (Å²) in [6.45, 7) is 4.49. The number of carbonyl (C=O) groups excluding carboxylic acids is 1. The third-order valence-electron chi connectivity index (χ3n) is 4.37. The number of anilines is 1. The molecule has 0 bridgehead atoms. The fourth-order valence-corrected chi connectivity index (χ4v) is 2.95. The van der Waals surface area contributed by atoms with Crippen molar-refractivity contribution in [1.82, 2.24) is 24.3 Å². The van der Waals surface area contributed by atoms with E-state index < -0.39 is 0 Å². The molecule has 1 N–H and O–H groups in total. The van der Waals surface area contributed by atoms with Gasteiger partial charge in [-0.3, -0.25) is 4.79 Å². The number of amides is 1. The molecule has 0 saturated heterocycles. The molecule has 4 aromatic heterocycles. The van der Waals surface area contributed by atoms with Crippen LogP contribution in [-0.4, -0.2) is 30.2 Å². The highest BCUT2D eigenvalue weighted by Crippen LogP contribution is 2.19. The first-order valence-corrected chi connectivity index (χ1v) is 8.43. The Labute approximate surface area is 155 Å². The number of furan rings is 1. The predicted molar refractivity (Wildman–Crippen MR) is 98.8 cm³/mol. The number of aryl methyl sites for hydroxylation is 1. The number of hydrogen-bond acceptors (Lipinski definition) is 5. The zero-order chi connectivity index (χ0) is 18.8. The molecule has 0 unspecified atom stereocenters. The van der Waals surface area contributed by atoms with Crippen molar-refractivity contribution >= 4 is 11.6 Å². The third kappa shape index (κ3) is 3.37. The standard InChI is InChI=1S/C19H18N6O2/c1-13-8-17(14(2)24(13)10-16-4-3-7-27-16)19(26)23-15-5-6-18(21-9-15)25-12-20-11-22-25/h3-9,11-12H,10H2,1-2H3,(H,23,26). The maximum atomic E-state index is 12.7. The van der Waals surface area contributed by atoms with E-state index in [4.69, 9.17) is 4.42 Å². The molecule has 0 aliphatic rings. The number of carbonyl (C=O) groups is 1. The number of hydrogen-bond donors (Lipinski definition) is 1. The highest BCUT2D eigenvalue weighted by Gasteiger charge is 2.17. The molecule has 0 aliphatic carbocycles. The summed E-state index contributed by atoms with van der Waals surface area (Å²) in [4.78, 5) is 20.9. The maximum Gasteiger partial charge on any atom is 0.257 e. The van der Waals surface area contributed by atoms with E-state index in [0.717, 1.165) is 17.1 Å². The van der Waals surface area contributed by atoms with Gasteiger partial charge in [-0.2, -0.15) is 5.10 Å². The number of rotatable bonds is 5. The van der Waals surface area contributed by atoms with Gasteiger partial charge in [-0.25, -0.2) is 14.6 Å². The zero-order valence-corrected chi connectivity index (χ0v) is 15.0. The van der Waals surface area contributed by atoms with E-state index in [2.05, 4.69) is 25.0 Å². The van der Waals surface area contributed by atoms with Crippen LogP contribution in [0.3, 0.4) is 0 Å². The van der Waals surface area contributed by atoms with Crippen LogP contribution in [0, 0.1) is 13.8 Å². The Bertz CT molecular complexity index is 1050. The molecular formula is C19H18N6O2. The molecule has 4 rings (SSSR count). The van der Waals surface area contributed by atoms with Gasteiger partial charge in [0.15, 0.2) is 5.82 Å². The second-order valence-electron chi connectivity index (χ2n) is 6.15. The zero-order valence-electron chi connectivity index (χ0n) is 15.0. The van der Waals surface area contributed by atoms with E-state index >= 15 is 0 Å². The molecule has 0 fully saturated rings. The lowest BCUT2D eigenvalue weighted by molar-refractivity contribution is 0.102. The van der Waals surface area contributed by atoms with Gasteiger partial charge in [0.05, 0.1) is 30.3 Å². The lowest BCUT2D eigenvalue weighted by atomic mass is 10.2. The van der Waals surface area contributed by atoms with Crippen LogP contribution < -0.4 is 5.32 Å². The first-order chi connectivity index (χ1) is 13.1. The first-order valence-electron chi connectivity index (χ1n) is 8.43. The van der Waals surface area contributed by atoms with Gasteiger partial charge < -0.3 is 14.3 Å². The van der Waals surface area contributed by atoms with Gasteiger partial charge in [0, 0.05) is 11.4 Å². The number of aromatic nitrogens is 5. The van der Waals surface area contributed by atoms with Crippen LogP contribution in [-0.2, 0) is 6.54 Å². The molecule has 0 atom stereocenters. The van der Waals surface area contributed by atoms with Crippen molar-refractivity contribution in [3.63, 3.8) is 0 Å². The summed E-state index contributed by atoms with van der Waals surface area (Å²) >= 11 is 0. The molecule has 4 heterocycles. The lowest BCUT2D eigenvalue weighted by Crippen LogP contribution is -2.14. The Morgan fingerprint density at radius 1 is 1.26 bits per heavy atom. The smallest absolute Gasteiger partial charge is 0.257 e. The Morgan fingerprint density at radius 3 is 2.81 bits per heavy atom. The summed E-state index contributed by atoms with van der Waals surface area (Å²) < 4.78 is 9.02. The molecule has 0 radical (unpaired) electrons. The molecule has 8 heteroatoms. The van der Waals surface area contributed by atoms with Crippen molar-refractivity contribution in [2.75, 3.05) is 5.32 Å². The number of nitrogens with one attached hydrogen (secondary N) is 1. The average molecular weight is 362 g/mol. The van der Waals surface area contributed by atoms with E-state index in [1.165, 1.54) is 6.33 Å². The van der Waals surface area contributed by atoms with Gasteiger partial charge >= 0.3 is 0 Å². The number of nitrogens with zero attached hydrogens (tertiary/aromatic N) is 5. The molecule has 0 saturated carbocycles. The van der Waals surface area contributed by atoms with Gasteiger partial charge in [0.1, 0.15) is 18.4 Å². The SMILES string of the molecule is Cc1cc(C(=O)Nc2ccc(-n3cncn3)nc2)c(C)n1Cc1ccco1. The highest BCUT2D eigenvalue weighted by molar-refractivity contribution is 6.05. The topological polar surface area (TPSA) is 90.8 Å². The second-order valence-corrected chi connectivity index (χ2v) is 6.15. The largest absolute Gasteiger partial charge is 0.467 e. The van der Waals surface area contributed by atoms with Crippen LogP contribution in [0.5, 0.6) is 0 Å². The summed E-state index contributed by atoms with van der Waals surface area (Å²) in [5.74, 6) is 1.29. The summed E-state index contributed by atoms with van der Waals surface area (Å²) in [5.41, 5.74) is 3.11. The average Bonchev–Trinajstić information content (AvgIpc) is 3.41. The monoisotopic (exact) mass is 362 g/mol. The van der Waals surface area contributed by atoms with Gasteiger partial charge in [0.2, 0.25) is 0 Å². The van der Waals surface area contributed by atoms with Crippen LogP contribution >= 0.6 is 0 Å². The van der Waals surface area contributed by atoms with Crippen molar-refractivity contribution in [3.8, 4) is 5.82 Å². The van der Waals surface area contributed by atoms with E-state index in [-0.39, 0.29) is 5.91 Å². The summed E-state index contributed by atoms with van der Waals surface area (Å²) in [6.07, 6.45) is 6.24. The van der Waals surface area contributed by atoms with Crippen LogP contribution in [0.15, 0.2) is 59.9 Å². The molecule has 0 spiro atoms. The maximum absolute atomic E-state index is 12.7. The minimum Gasteiger partial charge on any atom is -0.467 e. The van der Waals surface area contributed by atoms with E-state index in [9.17, 15) is 4.79 Å². The van der Waals surface area contributed by atoms with Crippen LogP contribution in [0.25, 0.3) is 5.82 Å². The molecule has 0 aliphatic heterocycles. The molecule has 1 amide bonds. The summed E-state index contributed by atoms with van der Waals surface area (Å²) in [7, 11) is 0. The first kappa shape index (κ1) is 16.8. The Balaban J connectivity index is 1.51. The molecule has 4 aromatic rings. The Morgan fingerprint density at radius 2 is 2.15 bits per heavy atom. The van der Waals surface area contributed by atoms with Gasteiger partial charge in [-0.15, -0.1) is 0 Å². The highest BCUT2D eigenvalue weighted by atomic mass is 16.3. The molecule has 0 aromatic carbocycles. The van der Waals surface area contributed by atoms with E-state index in [1.54, 1.807) is 35.6 Å². The van der Waals surface area contributed by atoms with Crippen molar-refractivity contribution in [2.24, 2.45) is 0 Å². The van der Waals surface area contributed by atoms with Crippen molar-refractivity contribution in [1.29, 1.82) is 0 Å². The summed E-state index contributed by atoms with van der Waals surface area (Å²) in [5, 5.41) is 6.91. The predicted octanol–water partition coefficient (Wildman–Crippen LogP) is 2.97. The minimum absolute atomic E-state index is 0.177. The second kappa shape index (κ2) is 6.91. The van der Waals surface area contributed by atoms with Gasteiger partial charge in [0.25, 0.3) is 5.91 Å². The Kier molecular flexibility index (Phi) is 4.29. The van der Waals surface area contributed by atoms with Crippen LogP contribution in [0.1, 0.15) is 27.5 Å². The number of pyridine rings is 1. The fourth-order valence-electron chi connectivity index (χ4n) is 2.95. The van der Waals surface area contributed by atoms with Crippen LogP contribution in [0.4, 0.5) is 5.69 Å². The van der Waals surface area contributed by atoms with E-state index in [1.807, 2.05) is 32.0 Å². The fraction of sp³-hybridized carbons (Fsp3) is 0.158. The van der Waals surface area contributed by atoms with Crippen LogP contribution in [0.2, 0.25) is 0 Å². The van der Waals surface area contributed by atoms with Gasteiger partial charge in [-0.1, -0.05) is 0 Å². The molecule has 8 nitrogen and oxygen atoms in total. The lowest BCUT2D eigenvalue weighted by Gasteiger charge is -2.09. The van der Waals surface area contributed by atoms with E-state index in [0.29, 0.717) is 23.6 Å². The van der Waals surface area contributed by atoms with Crippen molar-refractivity contribution < 1.29 is 9.21 Å². The minimum atomic E-state index is -0.177. The summed E-state index contributed by atoms with van der Waals surface area (Å²) in [6, 6.07) is 9.20. The molecular weight excluding hydrogens is 344 g/mol.